The van der Waals surface area contributed by atoms with Crippen LogP contribution >= 0.6 is 27.5 Å². The molecule has 0 amide bonds. The first-order chi connectivity index (χ1) is 9.58. The van der Waals surface area contributed by atoms with Crippen molar-refractivity contribution in [3.05, 3.63) is 68.8 Å². The summed E-state index contributed by atoms with van der Waals surface area (Å²) < 4.78 is 0.706. The summed E-state index contributed by atoms with van der Waals surface area (Å²) in [6.07, 6.45) is 1.76. The zero-order valence-electron chi connectivity index (χ0n) is 10.7. The van der Waals surface area contributed by atoms with Crippen molar-refractivity contribution in [1.82, 2.24) is 4.98 Å². The zero-order valence-corrected chi connectivity index (χ0v) is 13.0. The molecule has 1 heterocycles. The molecule has 0 saturated heterocycles. The number of benzene rings is 2. The van der Waals surface area contributed by atoms with Crippen LogP contribution in [-0.4, -0.2) is 10.8 Å². The number of aryl methyl sites for hydroxylation is 1. The van der Waals surface area contributed by atoms with Gasteiger partial charge in [0, 0.05) is 37.7 Å². The molecule has 3 rings (SSSR count). The van der Waals surface area contributed by atoms with Crippen LogP contribution in [0.15, 0.2) is 47.1 Å². The summed E-state index contributed by atoms with van der Waals surface area (Å²) in [6.45, 7) is 2.00. The van der Waals surface area contributed by atoms with Crippen LogP contribution in [0.4, 0.5) is 0 Å². The fourth-order valence-electron chi connectivity index (χ4n) is 2.37. The summed E-state index contributed by atoms with van der Waals surface area (Å²) in [4.78, 5) is 15.9. The van der Waals surface area contributed by atoms with Crippen LogP contribution in [0.3, 0.4) is 0 Å². The summed E-state index contributed by atoms with van der Waals surface area (Å²) >= 11 is 9.32. The van der Waals surface area contributed by atoms with E-state index in [0.717, 1.165) is 16.5 Å². The summed E-state index contributed by atoms with van der Waals surface area (Å²) in [5.74, 6) is -0.0194. The topological polar surface area (TPSA) is 32.9 Å². The Kier molecular flexibility index (Phi) is 3.40. The Labute approximate surface area is 129 Å². The number of ketones is 1. The Hall–Kier alpha value is -1.58. The monoisotopic (exact) mass is 347 g/mol. The number of hydrogen-bond acceptors (Lipinski definition) is 1. The molecule has 0 fully saturated rings. The number of hydrogen-bond donors (Lipinski definition) is 1. The molecule has 0 aliphatic rings. The predicted octanol–water partition coefficient (Wildman–Crippen LogP) is 5.12. The first-order valence-electron chi connectivity index (χ1n) is 6.14. The average molecular weight is 349 g/mol. The van der Waals surface area contributed by atoms with Crippen molar-refractivity contribution < 1.29 is 4.79 Å². The smallest absolute Gasteiger partial charge is 0.196 e. The van der Waals surface area contributed by atoms with Crippen molar-refractivity contribution in [3.8, 4) is 0 Å². The highest BCUT2D eigenvalue weighted by Crippen LogP contribution is 2.28. The Morgan fingerprint density at radius 2 is 2.00 bits per heavy atom. The van der Waals surface area contributed by atoms with E-state index in [9.17, 15) is 4.79 Å². The van der Waals surface area contributed by atoms with Gasteiger partial charge in [-0.15, -0.1) is 0 Å². The van der Waals surface area contributed by atoms with E-state index in [1.54, 1.807) is 24.4 Å². The molecule has 0 aliphatic heterocycles. The molecule has 1 N–H and O–H groups in total. The minimum Gasteiger partial charge on any atom is -0.360 e. The Morgan fingerprint density at radius 1 is 1.20 bits per heavy atom. The Balaban J connectivity index is 2.18. The van der Waals surface area contributed by atoms with Crippen LogP contribution in [0.1, 0.15) is 21.5 Å². The normalized spacial score (nSPS) is 10.9. The number of aromatic amines is 1. The van der Waals surface area contributed by atoms with Gasteiger partial charge in [-0.3, -0.25) is 4.79 Å². The Morgan fingerprint density at radius 3 is 2.75 bits per heavy atom. The van der Waals surface area contributed by atoms with E-state index in [4.69, 9.17) is 11.6 Å². The molecule has 0 saturated carbocycles. The second kappa shape index (κ2) is 5.08. The van der Waals surface area contributed by atoms with Crippen LogP contribution in [0.25, 0.3) is 10.9 Å². The van der Waals surface area contributed by atoms with Crippen molar-refractivity contribution >= 4 is 44.2 Å². The van der Waals surface area contributed by atoms with Crippen molar-refractivity contribution in [2.75, 3.05) is 0 Å². The summed E-state index contributed by atoms with van der Waals surface area (Å²) in [7, 11) is 0. The number of carbonyl (C=O) groups excluding carboxylic acids is 1. The lowest BCUT2D eigenvalue weighted by molar-refractivity contribution is 0.103. The molecular formula is C16H11BrClNO. The van der Waals surface area contributed by atoms with E-state index in [1.165, 1.54) is 0 Å². The molecule has 2 nitrogen and oxygen atoms in total. The van der Waals surface area contributed by atoms with E-state index in [-0.39, 0.29) is 5.78 Å². The highest BCUT2D eigenvalue weighted by atomic mass is 79.9. The lowest BCUT2D eigenvalue weighted by Gasteiger charge is -2.05. The van der Waals surface area contributed by atoms with Crippen LogP contribution in [0, 0.1) is 6.92 Å². The molecule has 2 aromatic carbocycles. The van der Waals surface area contributed by atoms with Gasteiger partial charge in [0.2, 0.25) is 0 Å². The molecule has 1 aromatic heterocycles. The first-order valence-corrected chi connectivity index (χ1v) is 7.31. The van der Waals surface area contributed by atoms with Crippen LogP contribution in [-0.2, 0) is 0 Å². The Bertz CT molecular complexity index is 822. The van der Waals surface area contributed by atoms with Gasteiger partial charge in [0.1, 0.15) is 0 Å². The SMILES string of the molecule is Cc1cccc2[nH]cc(C(=O)c3ccc(Cl)cc3Br)c12. The third-order valence-corrected chi connectivity index (χ3v) is 4.23. The zero-order chi connectivity index (χ0) is 14.3. The van der Waals surface area contributed by atoms with Crippen molar-refractivity contribution in [2.24, 2.45) is 0 Å². The van der Waals surface area contributed by atoms with Gasteiger partial charge in [0.25, 0.3) is 0 Å². The number of carbonyl (C=O) groups is 1. The summed E-state index contributed by atoms with van der Waals surface area (Å²) in [5.41, 5.74) is 3.34. The van der Waals surface area contributed by atoms with Crippen LogP contribution < -0.4 is 0 Å². The van der Waals surface area contributed by atoms with Crippen molar-refractivity contribution in [1.29, 1.82) is 0 Å². The van der Waals surface area contributed by atoms with Gasteiger partial charge in [-0.2, -0.15) is 0 Å². The standard InChI is InChI=1S/C16H11BrClNO/c1-9-3-2-4-14-15(9)12(8-19-14)16(20)11-6-5-10(18)7-13(11)17/h2-8,19H,1H3. The minimum atomic E-state index is -0.0194. The second-order valence-electron chi connectivity index (χ2n) is 4.65. The van der Waals surface area contributed by atoms with Gasteiger partial charge in [0.15, 0.2) is 5.78 Å². The van der Waals surface area contributed by atoms with Gasteiger partial charge in [-0.1, -0.05) is 23.7 Å². The fourth-order valence-corrected chi connectivity index (χ4v) is 3.23. The van der Waals surface area contributed by atoms with Crippen LogP contribution in [0.2, 0.25) is 5.02 Å². The van der Waals surface area contributed by atoms with Gasteiger partial charge < -0.3 is 4.98 Å². The van der Waals surface area contributed by atoms with Gasteiger partial charge in [0.05, 0.1) is 0 Å². The van der Waals surface area contributed by atoms with Crippen molar-refractivity contribution in [2.45, 2.75) is 6.92 Å². The molecule has 4 heteroatoms. The highest BCUT2D eigenvalue weighted by molar-refractivity contribution is 9.10. The third kappa shape index (κ3) is 2.17. The quantitative estimate of drug-likeness (QED) is 0.640. The molecule has 100 valence electrons. The molecule has 0 spiro atoms. The number of nitrogens with one attached hydrogen (secondary N) is 1. The van der Waals surface area contributed by atoms with Gasteiger partial charge >= 0.3 is 0 Å². The number of halogens is 2. The fraction of sp³-hybridized carbons (Fsp3) is 0.0625. The maximum Gasteiger partial charge on any atom is 0.196 e. The lowest BCUT2D eigenvalue weighted by Crippen LogP contribution is -2.02. The molecule has 0 bridgehead atoms. The third-order valence-electron chi connectivity index (χ3n) is 3.33. The highest BCUT2D eigenvalue weighted by Gasteiger charge is 2.17. The maximum absolute atomic E-state index is 12.7. The number of rotatable bonds is 2. The first kappa shape index (κ1) is 13.4. The molecule has 0 unspecified atom stereocenters. The van der Waals surface area contributed by atoms with E-state index >= 15 is 0 Å². The average Bonchev–Trinajstić information content (AvgIpc) is 2.83. The predicted molar refractivity (Wildman–Crippen MR) is 85.6 cm³/mol. The molecule has 0 radical (unpaired) electrons. The number of aromatic nitrogens is 1. The number of H-pyrrole nitrogens is 1. The molecule has 20 heavy (non-hydrogen) atoms. The van der Waals surface area contributed by atoms with Gasteiger partial charge in [-0.25, -0.2) is 0 Å². The summed E-state index contributed by atoms with van der Waals surface area (Å²) in [5, 5.41) is 1.57. The lowest BCUT2D eigenvalue weighted by atomic mass is 10.00. The molecule has 0 atom stereocenters. The van der Waals surface area contributed by atoms with E-state index in [1.807, 2.05) is 25.1 Å². The van der Waals surface area contributed by atoms with E-state index in [2.05, 4.69) is 20.9 Å². The molecule has 0 aliphatic carbocycles. The molecule has 3 aromatic rings. The molecular weight excluding hydrogens is 338 g/mol. The maximum atomic E-state index is 12.7. The largest absolute Gasteiger partial charge is 0.360 e. The van der Waals surface area contributed by atoms with E-state index in [0.29, 0.717) is 20.6 Å². The number of fused-ring (bicyclic) bond motifs is 1. The summed E-state index contributed by atoms with van der Waals surface area (Å²) in [6, 6.07) is 11.1. The second-order valence-corrected chi connectivity index (χ2v) is 5.94. The van der Waals surface area contributed by atoms with Crippen LogP contribution in [0.5, 0.6) is 0 Å². The minimum absolute atomic E-state index is 0.0194. The van der Waals surface area contributed by atoms with Crippen molar-refractivity contribution in [3.63, 3.8) is 0 Å². The van der Waals surface area contributed by atoms with Gasteiger partial charge in [-0.05, 0) is 52.7 Å². The van der Waals surface area contributed by atoms with E-state index < -0.39 is 0 Å².